The number of nitrogens with one attached hydrogen (secondary N) is 1. The van der Waals surface area contributed by atoms with E-state index in [1.807, 2.05) is 0 Å². The van der Waals surface area contributed by atoms with Crippen molar-refractivity contribution in [1.82, 2.24) is 5.32 Å². The molecular formula is C15H29NO7. The maximum Gasteiger partial charge on any atom is 0.246 e. The zero-order valence-electron chi connectivity index (χ0n) is 14.1. The van der Waals surface area contributed by atoms with Crippen molar-refractivity contribution < 1.29 is 33.3 Å². The average Bonchev–Trinajstić information content (AvgIpc) is 2.51. The molecule has 8 heteroatoms. The van der Waals surface area contributed by atoms with Crippen LogP contribution in [0.1, 0.15) is 13.3 Å². The second kappa shape index (κ2) is 17.3. The van der Waals surface area contributed by atoms with E-state index in [-0.39, 0.29) is 18.3 Å². The molecule has 0 bridgehead atoms. The Labute approximate surface area is 137 Å². The Balaban J connectivity index is 3.05. The molecule has 0 aliphatic carbocycles. The predicted molar refractivity (Wildman–Crippen MR) is 83.5 cm³/mol. The van der Waals surface area contributed by atoms with E-state index in [0.29, 0.717) is 65.8 Å². The quantitative estimate of drug-likeness (QED) is 0.368. The predicted octanol–water partition coefficient (Wildman–Crippen LogP) is -0.205. The first-order chi connectivity index (χ1) is 11.2. The minimum Gasteiger partial charge on any atom is -0.379 e. The Morgan fingerprint density at radius 3 is 1.74 bits per heavy atom. The highest BCUT2D eigenvalue weighted by atomic mass is 16.6. The van der Waals surface area contributed by atoms with E-state index in [4.69, 9.17) is 18.9 Å². The van der Waals surface area contributed by atoms with Gasteiger partial charge in [0.1, 0.15) is 12.4 Å². The smallest absolute Gasteiger partial charge is 0.246 e. The lowest BCUT2D eigenvalue weighted by Crippen LogP contribution is -2.30. The molecule has 0 heterocycles. The number of rotatable bonds is 17. The van der Waals surface area contributed by atoms with Crippen LogP contribution >= 0.6 is 0 Å². The molecule has 8 nitrogen and oxygen atoms in total. The molecule has 0 rings (SSSR count). The Morgan fingerprint density at radius 1 is 0.783 bits per heavy atom. The largest absolute Gasteiger partial charge is 0.379 e. The van der Waals surface area contributed by atoms with Crippen molar-refractivity contribution in [2.75, 3.05) is 73.1 Å². The zero-order chi connectivity index (χ0) is 17.2. The van der Waals surface area contributed by atoms with E-state index in [9.17, 15) is 9.59 Å². The van der Waals surface area contributed by atoms with Gasteiger partial charge in [-0.05, 0) is 6.92 Å². The third-order valence-corrected chi connectivity index (χ3v) is 2.56. The molecule has 0 aromatic carbocycles. The summed E-state index contributed by atoms with van der Waals surface area (Å²) in [5, 5.41) is 2.65. The van der Waals surface area contributed by atoms with E-state index < -0.39 is 0 Å². The first-order valence-electron chi connectivity index (χ1n) is 7.73. The highest BCUT2D eigenvalue weighted by Gasteiger charge is 1.98. The molecular weight excluding hydrogens is 306 g/mol. The van der Waals surface area contributed by atoms with Gasteiger partial charge in [0.2, 0.25) is 5.91 Å². The van der Waals surface area contributed by atoms with Crippen LogP contribution in [0.25, 0.3) is 0 Å². The van der Waals surface area contributed by atoms with Crippen LogP contribution < -0.4 is 5.32 Å². The summed E-state index contributed by atoms with van der Waals surface area (Å²) in [4.78, 5) is 21.7. The Bertz CT molecular complexity index is 300. The maximum absolute atomic E-state index is 11.0. The summed E-state index contributed by atoms with van der Waals surface area (Å²) in [7, 11) is 1.47. The maximum atomic E-state index is 11.0. The van der Waals surface area contributed by atoms with Crippen molar-refractivity contribution >= 4 is 11.7 Å². The fourth-order valence-corrected chi connectivity index (χ4v) is 1.42. The third kappa shape index (κ3) is 18.9. The van der Waals surface area contributed by atoms with Gasteiger partial charge in [-0.25, -0.2) is 0 Å². The Morgan fingerprint density at radius 2 is 1.26 bits per heavy atom. The van der Waals surface area contributed by atoms with Crippen molar-refractivity contribution in [3.63, 3.8) is 0 Å². The second-order valence-corrected chi connectivity index (χ2v) is 4.68. The van der Waals surface area contributed by atoms with Gasteiger partial charge in [-0.2, -0.15) is 0 Å². The molecule has 0 unspecified atom stereocenters. The highest BCUT2D eigenvalue weighted by molar-refractivity contribution is 5.77. The number of ketones is 1. The molecule has 1 N–H and O–H groups in total. The van der Waals surface area contributed by atoms with Crippen molar-refractivity contribution in [2.45, 2.75) is 13.3 Å². The van der Waals surface area contributed by atoms with Crippen molar-refractivity contribution in [2.24, 2.45) is 0 Å². The van der Waals surface area contributed by atoms with E-state index in [1.165, 1.54) is 7.11 Å². The molecule has 0 fully saturated rings. The minimum absolute atomic E-state index is 0.0604. The number of hydrogen-bond acceptors (Lipinski definition) is 7. The van der Waals surface area contributed by atoms with Crippen molar-refractivity contribution in [1.29, 1.82) is 0 Å². The summed E-state index contributed by atoms with van der Waals surface area (Å²) in [6, 6.07) is 0. The van der Waals surface area contributed by atoms with E-state index in [2.05, 4.69) is 10.1 Å². The average molecular weight is 335 g/mol. The zero-order valence-corrected chi connectivity index (χ0v) is 14.1. The lowest BCUT2D eigenvalue weighted by molar-refractivity contribution is -0.125. The summed E-state index contributed by atoms with van der Waals surface area (Å²) in [6.07, 6.45) is 0.444. The van der Waals surface area contributed by atoms with Crippen LogP contribution in [0.15, 0.2) is 0 Å². The molecule has 0 saturated carbocycles. The fraction of sp³-hybridized carbons (Fsp3) is 0.867. The van der Waals surface area contributed by atoms with Crippen molar-refractivity contribution in [3.8, 4) is 0 Å². The molecule has 0 atom stereocenters. The van der Waals surface area contributed by atoms with E-state index >= 15 is 0 Å². The van der Waals surface area contributed by atoms with Gasteiger partial charge >= 0.3 is 0 Å². The molecule has 0 spiro atoms. The van der Waals surface area contributed by atoms with Gasteiger partial charge in [-0.1, -0.05) is 0 Å². The van der Waals surface area contributed by atoms with Crippen LogP contribution in [0.3, 0.4) is 0 Å². The van der Waals surface area contributed by atoms with Crippen LogP contribution in [0, 0.1) is 0 Å². The molecule has 0 aliphatic heterocycles. The van der Waals surface area contributed by atoms with E-state index in [0.717, 1.165) is 0 Å². The lowest BCUT2D eigenvalue weighted by atomic mass is 10.3. The molecule has 0 saturated heterocycles. The van der Waals surface area contributed by atoms with Gasteiger partial charge in [-0.3, -0.25) is 9.59 Å². The summed E-state index contributed by atoms with van der Waals surface area (Å²) in [5.41, 5.74) is 0. The van der Waals surface area contributed by atoms with Crippen LogP contribution in [-0.2, 0) is 33.3 Å². The number of carbonyl (C=O) groups is 2. The molecule has 136 valence electrons. The van der Waals surface area contributed by atoms with Gasteiger partial charge < -0.3 is 29.0 Å². The number of Topliss-reactive ketones (excluding diaryl/α,β-unsaturated/α-hetero) is 1. The first-order valence-corrected chi connectivity index (χ1v) is 7.73. The van der Waals surface area contributed by atoms with Crippen LogP contribution in [-0.4, -0.2) is 84.8 Å². The Kier molecular flexibility index (Phi) is 16.5. The summed E-state index contributed by atoms with van der Waals surface area (Å²) >= 11 is 0. The number of hydrogen-bond donors (Lipinski definition) is 1. The van der Waals surface area contributed by atoms with Gasteiger partial charge in [0.05, 0.1) is 52.9 Å². The van der Waals surface area contributed by atoms with Crippen LogP contribution in [0.2, 0.25) is 0 Å². The number of amides is 1. The molecule has 0 aromatic rings. The van der Waals surface area contributed by atoms with Crippen LogP contribution in [0.5, 0.6) is 0 Å². The highest BCUT2D eigenvalue weighted by Crippen LogP contribution is 1.86. The van der Waals surface area contributed by atoms with Gasteiger partial charge in [-0.15, -0.1) is 0 Å². The van der Waals surface area contributed by atoms with Crippen LogP contribution in [0.4, 0.5) is 0 Å². The number of methoxy groups -OCH3 is 1. The SMILES string of the molecule is COCC(=O)NCCOCCOCCOCCOCCC(C)=O. The monoisotopic (exact) mass is 335 g/mol. The standard InChI is InChI=1S/C15H29NO7/c1-14(17)3-5-20-7-9-22-11-12-23-10-8-21-6-4-16-15(18)13-19-2/h3-13H2,1-2H3,(H,16,18). The number of carbonyl (C=O) groups excluding carboxylic acids is 2. The first kappa shape index (κ1) is 21.9. The lowest BCUT2D eigenvalue weighted by Gasteiger charge is -2.08. The normalized spacial score (nSPS) is 10.7. The van der Waals surface area contributed by atoms with Gasteiger partial charge in [0.15, 0.2) is 0 Å². The van der Waals surface area contributed by atoms with Crippen molar-refractivity contribution in [3.05, 3.63) is 0 Å². The molecule has 0 radical (unpaired) electrons. The topological polar surface area (TPSA) is 92.3 Å². The fourth-order valence-electron chi connectivity index (χ4n) is 1.42. The summed E-state index contributed by atoms with van der Waals surface area (Å²) < 4.78 is 25.8. The second-order valence-electron chi connectivity index (χ2n) is 4.68. The van der Waals surface area contributed by atoms with E-state index in [1.54, 1.807) is 6.92 Å². The molecule has 23 heavy (non-hydrogen) atoms. The third-order valence-electron chi connectivity index (χ3n) is 2.56. The molecule has 0 aromatic heterocycles. The van der Waals surface area contributed by atoms with Gasteiger partial charge in [0, 0.05) is 20.1 Å². The molecule has 1 amide bonds. The molecule has 0 aliphatic rings. The summed E-state index contributed by atoms with van der Waals surface area (Å²) in [6.45, 7) is 5.82. The Hall–Kier alpha value is -1.06. The van der Waals surface area contributed by atoms with Gasteiger partial charge in [0.25, 0.3) is 0 Å². The minimum atomic E-state index is -0.158. The number of ether oxygens (including phenoxy) is 5. The summed E-state index contributed by atoms with van der Waals surface area (Å²) in [5.74, 6) is -0.0336.